The van der Waals surface area contributed by atoms with E-state index in [1.807, 2.05) is 42.5 Å². The van der Waals surface area contributed by atoms with Crippen molar-refractivity contribution in [3.05, 3.63) is 60.2 Å². The minimum Gasteiger partial charge on any atom is -0.508 e. The zero-order chi connectivity index (χ0) is 19.6. The van der Waals surface area contributed by atoms with E-state index >= 15 is 0 Å². The van der Waals surface area contributed by atoms with E-state index in [0.717, 1.165) is 43.9 Å². The number of carbonyl (C=O) groups is 1. The number of nitrogens with zero attached hydrogens (tertiary/aromatic N) is 2. The zero-order valence-electron chi connectivity index (χ0n) is 16.2. The van der Waals surface area contributed by atoms with Gasteiger partial charge in [0.1, 0.15) is 5.75 Å². The van der Waals surface area contributed by atoms with E-state index in [1.165, 1.54) is 0 Å². The summed E-state index contributed by atoms with van der Waals surface area (Å²) in [6, 6.07) is 17.4. The average Bonchev–Trinajstić information content (AvgIpc) is 2.72. The molecule has 150 valence electrons. The highest BCUT2D eigenvalue weighted by Crippen LogP contribution is 2.19. The molecule has 0 aromatic heterocycles. The molecule has 1 aliphatic heterocycles. The number of phenols is 1. The number of anilines is 1. The molecule has 1 aliphatic rings. The van der Waals surface area contributed by atoms with E-state index in [-0.39, 0.29) is 11.7 Å². The molecule has 1 fully saturated rings. The summed E-state index contributed by atoms with van der Waals surface area (Å²) >= 11 is 0. The SMILES string of the molecule is O=C(CN1CCN(c2ccc(O)cc2)CC1)NCCCOCc1ccccc1. The number of nitrogens with one attached hydrogen (secondary N) is 1. The van der Waals surface area contributed by atoms with Crippen LogP contribution in [0, 0.1) is 0 Å². The molecule has 3 rings (SSSR count). The molecule has 2 N–H and O–H groups in total. The number of piperazine rings is 1. The number of hydrogen-bond donors (Lipinski definition) is 2. The van der Waals surface area contributed by atoms with Crippen molar-refractivity contribution < 1.29 is 14.6 Å². The first kappa shape index (κ1) is 20.2. The van der Waals surface area contributed by atoms with Crippen molar-refractivity contribution in [2.75, 3.05) is 50.8 Å². The maximum atomic E-state index is 12.1. The third-order valence-electron chi connectivity index (χ3n) is 4.85. The lowest BCUT2D eigenvalue weighted by Gasteiger charge is -2.35. The van der Waals surface area contributed by atoms with Gasteiger partial charge in [-0.05, 0) is 36.2 Å². The summed E-state index contributed by atoms with van der Waals surface area (Å²) in [4.78, 5) is 16.6. The van der Waals surface area contributed by atoms with E-state index in [2.05, 4.69) is 15.1 Å². The highest BCUT2D eigenvalue weighted by Gasteiger charge is 2.19. The quantitative estimate of drug-likeness (QED) is 0.650. The van der Waals surface area contributed by atoms with E-state index in [9.17, 15) is 9.90 Å². The van der Waals surface area contributed by atoms with Crippen LogP contribution in [0.3, 0.4) is 0 Å². The second-order valence-corrected chi connectivity index (χ2v) is 7.02. The average molecular weight is 383 g/mol. The number of carbonyl (C=O) groups excluding carboxylic acids is 1. The summed E-state index contributed by atoms with van der Waals surface area (Å²) in [6.45, 7) is 5.80. The maximum Gasteiger partial charge on any atom is 0.234 e. The van der Waals surface area contributed by atoms with Gasteiger partial charge in [0.05, 0.1) is 13.2 Å². The van der Waals surface area contributed by atoms with Gasteiger partial charge in [0, 0.05) is 45.0 Å². The van der Waals surface area contributed by atoms with Crippen LogP contribution in [0.15, 0.2) is 54.6 Å². The minimum atomic E-state index is 0.0705. The van der Waals surface area contributed by atoms with Gasteiger partial charge in [0.25, 0.3) is 0 Å². The largest absolute Gasteiger partial charge is 0.508 e. The maximum absolute atomic E-state index is 12.1. The molecule has 2 aromatic carbocycles. The van der Waals surface area contributed by atoms with E-state index in [4.69, 9.17) is 4.74 Å². The lowest BCUT2D eigenvalue weighted by atomic mass is 10.2. The first-order valence-electron chi connectivity index (χ1n) is 9.85. The van der Waals surface area contributed by atoms with Crippen molar-refractivity contribution in [2.45, 2.75) is 13.0 Å². The highest BCUT2D eigenvalue weighted by atomic mass is 16.5. The molecule has 1 amide bonds. The van der Waals surface area contributed by atoms with Gasteiger partial charge in [-0.3, -0.25) is 9.69 Å². The molecule has 0 atom stereocenters. The van der Waals surface area contributed by atoms with Gasteiger partial charge in [-0.2, -0.15) is 0 Å². The molecule has 6 heteroatoms. The molecule has 0 bridgehead atoms. The van der Waals surface area contributed by atoms with Crippen LogP contribution < -0.4 is 10.2 Å². The Morgan fingerprint density at radius 1 is 1.00 bits per heavy atom. The second kappa shape index (κ2) is 10.7. The van der Waals surface area contributed by atoms with Gasteiger partial charge >= 0.3 is 0 Å². The summed E-state index contributed by atoms with van der Waals surface area (Å²) < 4.78 is 5.63. The van der Waals surface area contributed by atoms with Crippen LogP contribution in [-0.2, 0) is 16.1 Å². The molecule has 1 heterocycles. The lowest BCUT2D eigenvalue weighted by Crippen LogP contribution is -2.49. The molecule has 2 aromatic rings. The summed E-state index contributed by atoms with van der Waals surface area (Å²) in [5.41, 5.74) is 2.27. The summed E-state index contributed by atoms with van der Waals surface area (Å²) in [5.74, 6) is 0.352. The van der Waals surface area contributed by atoms with Crippen molar-refractivity contribution in [2.24, 2.45) is 0 Å². The van der Waals surface area contributed by atoms with E-state index in [1.54, 1.807) is 12.1 Å². The number of amides is 1. The van der Waals surface area contributed by atoms with Gasteiger partial charge in [0.2, 0.25) is 5.91 Å². The van der Waals surface area contributed by atoms with Crippen LogP contribution in [-0.4, -0.2) is 61.8 Å². The van der Waals surface area contributed by atoms with Crippen LogP contribution >= 0.6 is 0 Å². The Balaban J connectivity index is 1.25. The predicted octanol–water partition coefficient (Wildman–Crippen LogP) is 2.24. The fraction of sp³-hybridized carbons (Fsp3) is 0.409. The monoisotopic (exact) mass is 383 g/mol. The van der Waals surface area contributed by atoms with Crippen molar-refractivity contribution >= 4 is 11.6 Å². The van der Waals surface area contributed by atoms with Crippen molar-refractivity contribution in [3.8, 4) is 5.75 Å². The third-order valence-corrected chi connectivity index (χ3v) is 4.85. The molecule has 0 saturated carbocycles. The Morgan fingerprint density at radius 2 is 1.71 bits per heavy atom. The van der Waals surface area contributed by atoms with Gasteiger partial charge in [-0.15, -0.1) is 0 Å². The first-order chi connectivity index (χ1) is 13.7. The second-order valence-electron chi connectivity index (χ2n) is 7.02. The first-order valence-corrected chi connectivity index (χ1v) is 9.85. The Hall–Kier alpha value is -2.57. The Kier molecular flexibility index (Phi) is 7.70. The van der Waals surface area contributed by atoms with Crippen molar-refractivity contribution in [1.82, 2.24) is 10.2 Å². The fourth-order valence-electron chi connectivity index (χ4n) is 3.25. The molecule has 1 saturated heterocycles. The van der Waals surface area contributed by atoms with Crippen LogP contribution in [0.4, 0.5) is 5.69 Å². The standard InChI is InChI=1S/C22H29N3O3/c26-21-9-7-20(8-10-21)25-14-12-24(13-15-25)17-22(27)23-11-4-16-28-18-19-5-2-1-3-6-19/h1-3,5-10,26H,4,11-18H2,(H,23,27). The summed E-state index contributed by atoms with van der Waals surface area (Å²) in [7, 11) is 0. The smallest absolute Gasteiger partial charge is 0.234 e. The Bertz CT molecular complexity index is 714. The minimum absolute atomic E-state index is 0.0705. The molecule has 0 radical (unpaired) electrons. The lowest BCUT2D eigenvalue weighted by molar-refractivity contribution is -0.122. The van der Waals surface area contributed by atoms with Gasteiger partial charge < -0.3 is 20.1 Å². The Morgan fingerprint density at radius 3 is 2.43 bits per heavy atom. The molecular formula is C22H29N3O3. The third kappa shape index (κ3) is 6.55. The van der Waals surface area contributed by atoms with Crippen LogP contribution in [0.1, 0.15) is 12.0 Å². The molecule has 6 nitrogen and oxygen atoms in total. The number of ether oxygens (including phenoxy) is 1. The molecule has 0 spiro atoms. The van der Waals surface area contributed by atoms with E-state index < -0.39 is 0 Å². The molecule has 28 heavy (non-hydrogen) atoms. The topological polar surface area (TPSA) is 65.0 Å². The fourth-order valence-corrected chi connectivity index (χ4v) is 3.25. The number of phenolic OH excluding ortho intramolecular Hbond substituents is 1. The van der Waals surface area contributed by atoms with Crippen molar-refractivity contribution in [3.63, 3.8) is 0 Å². The molecular weight excluding hydrogens is 354 g/mol. The summed E-state index contributed by atoms with van der Waals surface area (Å²) in [6.07, 6.45) is 0.813. The van der Waals surface area contributed by atoms with Gasteiger partial charge in [-0.25, -0.2) is 0 Å². The van der Waals surface area contributed by atoms with E-state index in [0.29, 0.717) is 26.3 Å². The summed E-state index contributed by atoms with van der Waals surface area (Å²) in [5, 5.41) is 12.4. The predicted molar refractivity (Wildman–Crippen MR) is 110 cm³/mol. The van der Waals surface area contributed by atoms with Crippen LogP contribution in [0.2, 0.25) is 0 Å². The Labute approximate surface area is 166 Å². The number of benzene rings is 2. The molecule has 0 unspecified atom stereocenters. The van der Waals surface area contributed by atoms with Crippen molar-refractivity contribution in [1.29, 1.82) is 0 Å². The van der Waals surface area contributed by atoms with Gasteiger partial charge in [-0.1, -0.05) is 30.3 Å². The number of aromatic hydroxyl groups is 1. The molecule has 0 aliphatic carbocycles. The normalized spacial score (nSPS) is 14.8. The van der Waals surface area contributed by atoms with Crippen LogP contribution in [0.25, 0.3) is 0 Å². The number of rotatable bonds is 9. The number of hydrogen-bond acceptors (Lipinski definition) is 5. The van der Waals surface area contributed by atoms with Gasteiger partial charge in [0.15, 0.2) is 0 Å². The zero-order valence-corrected chi connectivity index (χ0v) is 16.2. The highest BCUT2D eigenvalue weighted by molar-refractivity contribution is 5.78. The van der Waals surface area contributed by atoms with Crippen LogP contribution in [0.5, 0.6) is 5.75 Å².